The second kappa shape index (κ2) is 8.46. The Bertz CT molecular complexity index is 607. The Kier molecular flexibility index (Phi) is 6.32. The first-order chi connectivity index (χ1) is 11.1. The molecule has 0 fully saturated rings. The number of hydrogen-bond donors (Lipinski definition) is 1. The van der Waals surface area contributed by atoms with Crippen molar-refractivity contribution < 1.29 is 4.39 Å². The lowest BCUT2D eigenvalue weighted by Crippen LogP contribution is -2.26. The number of rotatable bonds is 8. The molecule has 0 aliphatic heterocycles. The Morgan fingerprint density at radius 3 is 2.30 bits per heavy atom. The highest BCUT2D eigenvalue weighted by Crippen LogP contribution is 2.17. The quantitative estimate of drug-likeness (QED) is 0.794. The van der Waals surface area contributed by atoms with Crippen LogP contribution in [0, 0.1) is 12.7 Å². The standard InChI is InChI=1S/C18H25FN4/c1-4-10-23(11-5-2)18-12-17(21-14(3)22-18)20-13-15-6-8-16(19)9-7-15/h6-9,12H,4-5,10-11,13H2,1-3H3,(H,20,21,22). The minimum Gasteiger partial charge on any atom is -0.366 e. The van der Waals surface area contributed by atoms with E-state index in [-0.39, 0.29) is 5.82 Å². The van der Waals surface area contributed by atoms with Crippen LogP contribution in [-0.4, -0.2) is 23.1 Å². The Morgan fingerprint density at radius 1 is 1.04 bits per heavy atom. The minimum atomic E-state index is -0.219. The molecule has 0 saturated heterocycles. The van der Waals surface area contributed by atoms with Crippen LogP contribution < -0.4 is 10.2 Å². The van der Waals surface area contributed by atoms with Crippen LogP contribution in [0.3, 0.4) is 0 Å². The van der Waals surface area contributed by atoms with Gasteiger partial charge in [-0.25, -0.2) is 14.4 Å². The van der Waals surface area contributed by atoms with Crippen LogP contribution in [0.15, 0.2) is 30.3 Å². The predicted octanol–water partition coefficient (Wildman–Crippen LogP) is 4.16. The van der Waals surface area contributed by atoms with Crippen molar-refractivity contribution in [3.8, 4) is 0 Å². The molecule has 1 heterocycles. The van der Waals surface area contributed by atoms with Gasteiger partial charge in [0.15, 0.2) is 0 Å². The summed E-state index contributed by atoms with van der Waals surface area (Å²) >= 11 is 0. The number of anilines is 2. The molecule has 0 radical (unpaired) electrons. The van der Waals surface area contributed by atoms with Crippen LogP contribution in [0.25, 0.3) is 0 Å². The Balaban J connectivity index is 2.11. The molecule has 0 aliphatic carbocycles. The van der Waals surface area contributed by atoms with Gasteiger partial charge in [-0.15, -0.1) is 0 Å². The Labute approximate surface area is 137 Å². The summed E-state index contributed by atoms with van der Waals surface area (Å²) in [5, 5.41) is 3.30. The highest BCUT2D eigenvalue weighted by Gasteiger charge is 2.09. The van der Waals surface area contributed by atoms with Crippen molar-refractivity contribution in [2.75, 3.05) is 23.3 Å². The van der Waals surface area contributed by atoms with Gasteiger partial charge in [0.2, 0.25) is 0 Å². The molecule has 0 aliphatic rings. The number of nitrogens with one attached hydrogen (secondary N) is 1. The second-order valence-electron chi connectivity index (χ2n) is 5.63. The number of benzene rings is 1. The third kappa shape index (κ3) is 5.20. The second-order valence-corrected chi connectivity index (χ2v) is 5.63. The molecular weight excluding hydrogens is 291 g/mol. The monoisotopic (exact) mass is 316 g/mol. The van der Waals surface area contributed by atoms with E-state index in [1.54, 1.807) is 12.1 Å². The third-order valence-corrected chi connectivity index (χ3v) is 3.52. The summed E-state index contributed by atoms with van der Waals surface area (Å²) in [5.41, 5.74) is 1.02. The number of nitrogens with zero attached hydrogens (tertiary/aromatic N) is 3. The minimum absolute atomic E-state index is 0.219. The summed E-state index contributed by atoms with van der Waals surface area (Å²) in [5.74, 6) is 2.29. The summed E-state index contributed by atoms with van der Waals surface area (Å²) in [4.78, 5) is 11.3. The largest absolute Gasteiger partial charge is 0.366 e. The molecule has 1 aromatic carbocycles. The van der Waals surface area contributed by atoms with Crippen LogP contribution in [0.5, 0.6) is 0 Å². The summed E-state index contributed by atoms with van der Waals surface area (Å²) in [6.45, 7) is 8.83. The topological polar surface area (TPSA) is 41.0 Å². The van der Waals surface area contributed by atoms with Crippen molar-refractivity contribution in [3.05, 3.63) is 47.5 Å². The summed E-state index contributed by atoms with van der Waals surface area (Å²) < 4.78 is 12.9. The van der Waals surface area contributed by atoms with Gasteiger partial charge in [-0.2, -0.15) is 0 Å². The van der Waals surface area contributed by atoms with Crippen molar-refractivity contribution >= 4 is 11.6 Å². The van der Waals surface area contributed by atoms with E-state index in [1.165, 1.54) is 12.1 Å². The van der Waals surface area contributed by atoms with Crippen molar-refractivity contribution in [1.82, 2.24) is 9.97 Å². The van der Waals surface area contributed by atoms with Crippen molar-refractivity contribution in [2.24, 2.45) is 0 Å². The first-order valence-electron chi connectivity index (χ1n) is 8.21. The van der Waals surface area contributed by atoms with Gasteiger partial charge >= 0.3 is 0 Å². The van der Waals surface area contributed by atoms with Crippen LogP contribution in [0.4, 0.5) is 16.0 Å². The van der Waals surface area contributed by atoms with Crippen molar-refractivity contribution in [3.63, 3.8) is 0 Å². The molecule has 5 heteroatoms. The van der Waals surface area contributed by atoms with Crippen molar-refractivity contribution in [1.29, 1.82) is 0 Å². The van der Waals surface area contributed by atoms with Gasteiger partial charge in [-0.05, 0) is 37.5 Å². The van der Waals surface area contributed by atoms with Gasteiger partial charge in [0.1, 0.15) is 23.3 Å². The Morgan fingerprint density at radius 2 is 1.70 bits per heavy atom. The number of hydrogen-bond acceptors (Lipinski definition) is 4. The summed E-state index contributed by atoms with van der Waals surface area (Å²) in [6.07, 6.45) is 2.17. The van der Waals surface area contributed by atoms with Gasteiger partial charge < -0.3 is 10.2 Å². The van der Waals surface area contributed by atoms with Crippen LogP contribution in [0.2, 0.25) is 0 Å². The molecule has 1 aromatic heterocycles. The van der Waals surface area contributed by atoms with Gasteiger partial charge in [-0.1, -0.05) is 26.0 Å². The first-order valence-corrected chi connectivity index (χ1v) is 8.21. The highest BCUT2D eigenvalue weighted by atomic mass is 19.1. The van der Waals surface area contributed by atoms with Gasteiger partial charge in [0.25, 0.3) is 0 Å². The highest BCUT2D eigenvalue weighted by molar-refractivity contribution is 5.49. The fourth-order valence-electron chi connectivity index (χ4n) is 2.48. The maximum Gasteiger partial charge on any atom is 0.134 e. The molecule has 1 N–H and O–H groups in total. The molecule has 4 nitrogen and oxygen atoms in total. The summed E-state index contributed by atoms with van der Waals surface area (Å²) in [7, 11) is 0. The molecule has 0 spiro atoms. The third-order valence-electron chi connectivity index (χ3n) is 3.52. The molecule has 0 amide bonds. The smallest absolute Gasteiger partial charge is 0.134 e. The fourth-order valence-corrected chi connectivity index (χ4v) is 2.48. The van der Waals surface area contributed by atoms with E-state index in [0.717, 1.165) is 49.0 Å². The predicted molar refractivity (Wildman–Crippen MR) is 93.3 cm³/mol. The van der Waals surface area contributed by atoms with Gasteiger partial charge in [-0.3, -0.25) is 0 Å². The Hall–Kier alpha value is -2.17. The van der Waals surface area contributed by atoms with Crippen LogP contribution in [-0.2, 0) is 6.54 Å². The number of aromatic nitrogens is 2. The average Bonchev–Trinajstić information content (AvgIpc) is 2.54. The lowest BCUT2D eigenvalue weighted by molar-refractivity contribution is 0.627. The maximum absolute atomic E-state index is 12.9. The fraction of sp³-hybridized carbons (Fsp3) is 0.444. The van der Waals surface area contributed by atoms with E-state index in [2.05, 4.69) is 34.0 Å². The van der Waals surface area contributed by atoms with E-state index >= 15 is 0 Å². The normalized spacial score (nSPS) is 10.6. The summed E-state index contributed by atoms with van der Waals surface area (Å²) in [6, 6.07) is 8.48. The van der Waals surface area contributed by atoms with E-state index in [0.29, 0.717) is 6.54 Å². The SMILES string of the molecule is CCCN(CCC)c1cc(NCc2ccc(F)cc2)nc(C)n1. The molecule has 0 atom stereocenters. The van der Waals surface area contributed by atoms with Crippen LogP contribution >= 0.6 is 0 Å². The van der Waals surface area contributed by atoms with Crippen molar-refractivity contribution in [2.45, 2.75) is 40.2 Å². The molecule has 124 valence electrons. The van der Waals surface area contributed by atoms with Crippen LogP contribution in [0.1, 0.15) is 38.1 Å². The maximum atomic E-state index is 12.9. The van der Waals surface area contributed by atoms with E-state index in [9.17, 15) is 4.39 Å². The lowest BCUT2D eigenvalue weighted by atomic mass is 10.2. The lowest BCUT2D eigenvalue weighted by Gasteiger charge is -2.23. The molecule has 23 heavy (non-hydrogen) atoms. The zero-order chi connectivity index (χ0) is 16.7. The molecule has 0 bridgehead atoms. The molecule has 0 saturated carbocycles. The van der Waals surface area contributed by atoms with E-state index < -0.39 is 0 Å². The number of aryl methyl sites for hydroxylation is 1. The number of halogens is 1. The van der Waals surface area contributed by atoms with Gasteiger partial charge in [0, 0.05) is 25.7 Å². The molecule has 0 unspecified atom stereocenters. The zero-order valence-electron chi connectivity index (χ0n) is 14.1. The van der Waals surface area contributed by atoms with E-state index in [1.807, 2.05) is 13.0 Å². The molecular formula is C18H25FN4. The van der Waals surface area contributed by atoms with E-state index in [4.69, 9.17) is 0 Å². The first kappa shape index (κ1) is 17.2. The average molecular weight is 316 g/mol. The molecule has 2 aromatic rings. The molecule has 2 rings (SSSR count). The zero-order valence-corrected chi connectivity index (χ0v) is 14.1. The van der Waals surface area contributed by atoms with Gasteiger partial charge in [0.05, 0.1) is 0 Å².